The van der Waals surface area contributed by atoms with Gasteiger partial charge in [0.05, 0.1) is 5.92 Å². The first-order valence-electron chi connectivity index (χ1n) is 6.42. The van der Waals surface area contributed by atoms with E-state index in [1.807, 2.05) is 0 Å². The van der Waals surface area contributed by atoms with Crippen LogP contribution in [0.3, 0.4) is 0 Å². The van der Waals surface area contributed by atoms with Crippen LogP contribution in [-0.4, -0.2) is 59.0 Å². The number of carbonyl (C=O) groups is 3. The molecule has 1 aliphatic rings. The van der Waals surface area contributed by atoms with Crippen molar-refractivity contribution in [3.8, 4) is 0 Å². The van der Waals surface area contributed by atoms with E-state index in [0.29, 0.717) is 25.8 Å². The highest BCUT2D eigenvalue weighted by Crippen LogP contribution is 2.18. The number of piperidine rings is 1. The SMILES string of the molecule is CCC(C(=O)O)N(C)C(=O)N1CCCC(C(N)=O)C1. The molecule has 108 valence electrons. The largest absolute Gasteiger partial charge is 0.480 e. The Balaban J connectivity index is 2.71. The standard InChI is InChI=1S/C12H21N3O4/c1-3-9(11(17)18)14(2)12(19)15-6-4-5-8(7-15)10(13)16/h8-9H,3-7H2,1-2H3,(H2,13,16)(H,17,18). The van der Waals surface area contributed by atoms with Crippen molar-refractivity contribution in [2.45, 2.75) is 32.2 Å². The van der Waals surface area contributed by atoms with Crippen molar-refractivity contribution < 1.29 is 19.5 Å². The summed E-state index contributed by atoms with van der Waals surface area (Å²) in [7, 11) is 1.47. The van der Waals surface area contributed by atoms with E-state index in [1.165, 1.54) is 16.8 Å². The molecule has 0 saturated carbocycles. The van der Waals surface area contributed by atoms with Crippen LogP contribution in [0.25, 0.3) is 0 Å². The van der Waals surface area contributed by atoms with Crippen LogP contribution in [-0.2, 0) is 9.59 Å². The summed E-state index contributed by atoms with van der Waals surface area (Å²) in [5.41, 5.74) is 5.26. The molecule has 0 spiro atoms. The van der Waals surface area contributed by atoms with E-state index in [2.05, 4.69) is 0 Å². The Morgan fingerprint density at radius 3 is 2.58 bits per heavy atom. The molecular formula is C12H21N3O4. The molecular weight excluding hydrogens is 250 g/mol. The van der Waals surface area contributed by atoms with Gasteiger partial charge in [-0.2, -0.15) is 0 Å². The van der Waals surface area contributed by atoms with Gasteiger partial charge in [0, 0.05) is 20.1 Å². The van der Waals surface area contributed by atoms with Gasteiger partial charge in [-0.3, -0.25) is 4.79 Å². The van der Waals surface area contributed by atoms with Gasteiger partial charge in [-0.15, -0.1) is 0 Å². The van der Waals surface area contributed by atoms with Gasteiger partial charge in [0.25, 0.3) is 0 Å². The summed E-state index contributed by atoms with van der Waals surface area (Å²) >= 11 is 0. The van der Waals surface area contributed by atoms with Crippen molar-refractivity contribution in [3.63, 3.8) is 0 Å². The number of urea groups is 1. The van der Waals surface area contributed by atoms with Gasteiger partial charge in [-0.1, -0.05) is 6.92 Å². The Morgan fingerprint density at radius 1 is 1.47 bits per heavy atom. The molecule has 7 heteroatoms. The summed E-state index contributed by atoms with van der Waals surface area (Å²) in [6.07, 6.45) is 1.72. The van der Waals surface area contributed by atoms with E-state index in [4.69, 9.17) is 10.8 Å². The van der Waals surface area contributed by atoms with Gasteiger partial charge in [-0.25, -0.2) is 9.59 Å². The molecule has 2 unspecified atom stereocenters. The van der Waals surface area contributed by atoms with Gasteiger partial charge in [0.1, 0.15) is 6.04 Å². The lowest BCUT2D eigenvalue weighted by Crippen LogP contribution is -2.52. The fraction of sp³-hybridized carbons (Fsp3) is 0.750. The lowest BCUT2D eigenvalue weighted by Gasteiger charge is -2.35. The fourth-order valence-electron chi connectivity index (χ4n) is 2.35. The highest BCUT2D eigenvalue weighted by atomic mass is 16.4. The zero-order chi connectivity index (χ0) is 14.6. The molecule has 7 nitrogen and oxygen atoms in total. The number of likely N-dealkylation sites (N-methyl/N-ethyl adjacent to an activating group) is 1. The van der Waals surface area contributed by atoms with E-state index in [9.17, 15) is 14.4 Å². The molecule has 0 aromatic rings. The average molecular weight is 271 g/mol. The Morgan fingerprint density at radius 2 is 2.11 bits per heavy atom. The van der Waals surface area contributed by atoms with Crippen molar-refractivity contribution in [1.82, 2.24) is 9.80 Å². The Kier molecular flexibility index (Phi) is 5.14. The van der Waals surface area contributed by atoms with Crippen molar-refractivity contribution >= 4 is 17.9 Å². The number of carboxylic acid groups (broad SMARTS) is 1. The molecule has 1 heterocycles. The van der Waals surface area contributed by atoms with Crippen LogP contribution in [0.4, 0.5) is 4.79 Å². The molecule has 0 aromatic heterocycles. The first-order valence-corrected chi connectivity index (χ1v) is 6.42. The number of likely N-dealkylation sites (tertiary alicyclic amines) is 1. The van der Waals surface area contributed by atoms with Crippen molar-refractivity contribution in [3.05, 3.63) is 0 Å². The molecule has 1 aliphatic heterocycles. The number of primary amides is 1. The second-order valence-electron chi connectivity index (χ2n) is 4.84. The zero-order valence-corrected chi connectivity index (χ0v) is 11.3. The molecule has 1 saturated heterocycles. The van der Waals surface area contributed by atoms with Gasteiger partial charge >= 0.3 is 12.0 Å². The minimum atomic E-state index is -1.03. The van der Waals surface area contributed by atoms with Gasteiger partial charge in [0.15, 0.2) is 0 Å². The third kappa shape index (κ3) is 3.59. The molecule has 1 rings (SSSR count). The maximum Gasteiger partial charge on any atom is 0.326 e. The van der Waals surface area contributed by atoms with Crippen LogP contribution < -0.4 is 5.73 Å². The number of hydrogen-bond acceptors (Lipinski definition) is 3. The highest BCUT2D eigenvalue weighted by Gasteiger charge is 2.32. The van der Waals surface area contributed by atoms with Crippen LogP contribution >= 0.6 is 0 Å². The number of carbonyl (C=O) groups excluding carboxylic acids is 2. The number of rotatable bonds is 4. The third-order valence-corrected chi connectivity index (χ3v) is 3.54. The molecule has 2 atom stereocenters. The number of hydrogen-bond donors (Lipinski definition) is 2. The second kappa shape index (κ2) is 6.40. The summed E-state index contributed by atoms with van der Waals surface area (Å²) in [5, 5.41) is 9.04. The quantitative estimate of drug-likeness (QED) is 0.756. The molecule has 0 bridgehead atoms. The average Bonchev–Trinajstić information content (AvgIpc) is 2.38. The summed E-state index contributed by atoms with van der Waals surface area (Å²) in [6.45, 7) is 2.52. The van der Waals surface area contributed by atoms with Gasteiger partial charge in [-0.05, 0) is 19.3 Å². The summed E-state index contributed by atoms with van der Waals surface area (Å²) in [4.78, 5) is 37.1. The fourth-order valence-corrected chi connectivity index (χ4v) is 2.35. The molecule has 3 N–H and O–H groups in total. The Hall–Kier alpha value is -1.79. The minimum absolute atomic E-state index is 0.272. The first-order chi connectivity index (χ1) is 8.88. The topological polar surface area (TPSA) is 104 Å². The molecule has 0 aromatic carbocycles. The monoisotopic (exact) mass is 271 g/mol. The summed E-state index contributed by atoms with van der Waals surface area (Å²) < 4.78 is 0. The number of nitrogens with zero attached hydrogens (tertiary/aromatic N) is 2. The van der Waals surface area contributed by atoms with Crippen molar-refractivity contribution in [2.75, 3.05) is 20.1 Å². The lowest BCUT2D eigenvalue weighted by atomic mass is 9.98. The maximum absolute atomic E-state index is 12.2. The summed E-state index contributed by atoms with van der Waals surface area (Å²) in [5.74, 6) is -1.77. The van der Waals surface area contributed by atoms with Crippen molar-refractivity contribution in [2.24, 2.45) is 11.7 Å². The highest BCUT2D eigenvalue weighted by molar-refractivity contribution is 5.83. The van der Waals surface area contributed by atoms with Gasteiger partial charge in [0.2, 0.25) is 5.91 Å². The molecule has 19 heavy (non-hydrogen) atoms. The van der Waals surface area contributed by atoms with Crippen molar-refractivity contribution in [1.29, 1.82) is 0 Å². The van der Waals surface area contributed by atoms with Crippen LogP contribution in [0, 0.1) is 5.92 Å². The van der Waals surface area contributed by atoms with E-state index in [1.54, 1.807) is 6.92 Å². The Bertz CT molecular complexity index is 372. The maximum atomic E-state index is 12.2. The molecule has 3 amide bonds. The number of aliphatic carboxylic acids is 1. The third-order valence-electron chi connectivity index (χ3n) is 3.54. The second-order valence-corrected chi connectivity index (χ2v) is 4.84. The number of carboxylic acids is 1. The molecule has 0 radical (unpaired) electrons. The minimum Gasteiger partial charge on any atom is -0.480 e. The first kappa shape index (κ1) is 15.3. The van der Waals surface area contributed by atoms with Gasteiger partial charge < -0.3 is 20.6 Å². The zero-order valence-electron chi connectivity index (χ0n) is 11.3. The van der Waals surface area contributed by atoms with Crippen LogP contribution in [0.5, 0.6) is 0 Å². The van der Waals surface area contributed by atoms with E-state index >= 15 is 0 Å². The predicted molar refractivity (Wildman–Crippen MR) is 68.4 cm³/mol. The van der Waals surface area contributed by atoms with Crippen LogP contribution in [0.2, 0.25) is 0 Å². The van der Waals surface area contributed by atoms with Crippen LogP contribution in [0.15, 0.2) is 0 Å². The van der Waals surface area contributed by atoms with E-state index in [0.717, 1.165) is 0 Å². The van der Waals surface area contributed by atoms with Crippen LogP contribution in [0.1, 0.15) is 26.2 Å². The number of nitrogens with two attached hydrogens (primary N) is 1. The van der Waals surface area contributed by atoms with E-state index < -0.39 is 17.9 Å². The molecule has 1 fully saturated rings. The smallest absolute Gasteiger partial charge is 0.326 e. The molecule has 0 aliphatic carbocycles. The normalized spacial score (nSPS) is 20.7. The summed E-state index contributed by atoms with van der Waals surface area (Å²) in [6, 6.07) is -1.21. The van der Waals surface area contributed by atoms with E-state index in [-0.39, 0.29) is 18.5 Å². The lowest BCUT2D eigenvalue weighted by molar-refractivity contribution is -0.142. The predicted octanol–water partition coefficient (Wildman–Crippen LogP) is 0.0987. The number of amides is 3. The Labute approximate surface area is 112 Å².